The molecule has 0 fully saturated rings. The van der Waals surface area contributed by atoms with Gasteiger partial charge in [-0.2, -0.15) is 0 Å². The van der Waals surface area contributed by atoms with E-state index in [1.54, 1.807) is 24.3 Å². The number of benzene rings is 2. The van der Waals surface area contributed by atoms with Crippen molar-refractivity contribution >= 4 is 35.2 Å². The number of nitrogens with one attached hydrogen (secondary N) is 1. The Bertz CT molecular complexity index is 909. The molecule has 3 rings (SSSR count). The number of fused-ring (bicyclic) bond motifs is 1. The summed E-state index contributed by atoms with van der Waals surface area (Å²) in [4.78, 5) is 26.6. The van der Waals surface area contributed by atoms with Crippen LogP contribution >= 0.6 is 11.6 Å². The number of halogens is 2. The minimum Gasteiger partial charge on any atom is -0.449 e. The van der Waals surface area contributed by atoms with Gasteiger partial charge < -0.3 is 10.1 Å². The maximum absolute atomic E-state index is 14.1. The first kappa shape index (κ1) is 19.9. The lowest BCUT2D eigenvalue weighted by atomic mass is 10.1. The number of carbonyl (C=O) groups is 2. The molecule has 0 aliphatic carbocycles. The van der Waals surface area contributed by atoms with Gasteiger partial charge in [-0.05, 0) is 36.8 Å². The van der Waals surface area contributed by atoms with E-state index in [4.69, 9.17) is 16.3 Å². The molecule has 2 amide bonds. The number of hydrogen-bond acceptors (Lipinski definition) is 3. The summed E-state index contributed by atoms with van der Waals surface area (Å²) < 4.78 is 19.8. The Kier molecular flexibility index (Phi) is 6.31. The Labute approximate surface area is 167 Å². The van der Waals surface area contributed by atoms with Gasteiger partial charge in [-0.3, -0.25) is 14.5 Å². The lowest BCUT2D eigenvalue weighted by Gasteiger charge is -2.30. The van der Waals surface area contributed by atoms with Crippen molar-refractivity contribution in [2.45, 2.75) is 19.8 Å². The summed E-state index contributed by atoms with van der Waals surface area (Å²) in [6, 6.07) is 11.1. The molecule has 28 heavy (non-hydrogen) atoms. The van der Waals surface area contributed by atoms with Gasteiger partial charge in [-0.25, -0.2) is 4.39 Å². The SMILES string of the molecule is CCCCNC(=O)CN1C(=O)C(=Cc2c(F)cccc2Cl)Oc2ccccc21. The highest BCUT2D eigenvalue weighted by Gasteiger charge is 2.31. The maximum atomic E-state index is 14.1. The van der Waals surface area contributed by atoms with Gasteiger partial charge in [0.1, 0.15) is 12.4 Å². The zero-order valence-electron chi connectivity index (χ0n) is 15.4. The van der Waals surface area contributed by atoms with E-state index in [-0.39, 0.29) is 28.8 Å². The van der Waals surface area contributed by atoms with Crippen molar-refractivity contribution in [1.82, 2.24) is 5.32 Å². The Morgan fingerprint density at radius 2 is 2.04 bits per heavy atom. The van der Waals surface area contributed by atoms with Crippen LogP contribution in [-0.2, 0) is 9.59 Å². The summed E-state index contributed by atoms with van der Waals surface area (Å²) in [6.07, 6.45) is 3.07. The molecule has 1 heterocycles. The van der Waals surface area contributed by atoms with Crippen LogP contribution < -0.4 is 15.0 Å². The van der Waals surface area contributed by atoms with Crippen molar-refractivity contribution in [3.8, 4) is 5.75 Å². The number of para-hydroxylation sites is 2. The normalized spacial score (nSPS) is 14.6. The fourth-order valence-corrected chi connectivity index (χ4v) is 3.02. The molecular weight excluding hydrogens is 383 g/mol. The number of rotatable bonds is 6. The molecule has 0 radical (unpaired) electrons. The van der Waals surface area contributed by atoms with Gasteiger partial charge in [0.05, 0.1) is 10.7 Å². The molecule has 0 saturated heterocycles. The number of carbonyl (C=O) groups excluding carboxylic acids is 2. The molecule has 146 valence electrons. The van der Waals surface area contributed by atoms with Gasteiger partial charge in [0.25, 0.3) is 5.91 Å². The molecule has 0 unspecified atom stereocenters. The third-order valence-electron chi connectivity index (χ3n) is 4.26. The van der Waals surface area contributed by atoms with Gasteiger partial charge in [-0.1, -0.05) is 43.1 Å². The molecule has 0 atom stereocenters. The average molecular weight is 403 g/mol. The molecule has 2 aromatic rings. The number of hydrogen-bond donors (Lipinski definition) is 1. The second-order valence-electron chi connectivity index (χ2n) is 6.31. The first-order valence-corrected chi connectivity index (χ1v) is 9.40. The first-order valence-electron chi connectivity index (χ1n) is 9.02. The number of amides is 2. The molecule has 7 heteroatoms. The standard InChI is InChI=1S/C21H20ClFN2O3/c1-2-3-11-24-20(26)13-25-17-9-4-5-10-18(17)28-19(21(25)27)12-14-15(22)7-6-8-16(14)23/h4-10,12H,2-3,11,13H2,1H3,(H,24,26). The van der Waals surface area contributed by atoms with Gasteiger partial charge in [0.2, 0.25) is 5.91 Å². The number of ether oxygens (including phenoxy) is 1. The van der Waals surface area contributed by atoms with Crippen LogP contribution in [-0.4, -0.2) is 24.9 Å². The van der Waals surface area contributed by atoms with E-state index in [9.17, 15) is 14.0 Å². The molecule has 5 nitrogen and oxygen atoms in total. The minimum absolute atomic E-state index is 0.0549. The van der Waals surface area contributed by atoms with Gasteiger partial charge in [0.15, 0.2) is 11.5 Å². The van der Waals surface area contributed by atoms with Crippen molar-refractivity contribution in [1.29, 1.82) is 0 Å². The number of anilines is 1. The summed E-state index contributed by atoms with van der Waals surface area (Å²) in [5.74, 6) is -1.08. The molecule has 1 N–H and O–H groups in total. The molecule has 0 spiro atoms. The van der Waals surface area contributed by atoms with Crippen LogP contribution in [0.1, 0.15) is 25.3 Å². The second-order valence-corrected chi connectivity index (χ2v) is 6.72. The van der Waals surface area contributed by atoms with Crippen LogP contribution in [0.2, 0.25) is 5.02 Å². The molecule has 2 aromatic carbocycles. The van der Waals surface area contributed by atoms with E-state index < -0.39 is 11.7 Å². The Morgan fingerprint density at radius 1 is 1.25 bits per heavy atom. The zero-order valence-corrected chi connectivity index (χ0v) is 16.1. The summed E-state index contributed by atoms with van der Waals surface area (Å²) >= 11 is 6.06. The lowest BCUT2D eigenvalue weighted by Crippen LogP contribution is -2.44. The third-order valence-corrected chi connectivity index (χ3v) is 4.59. The monoisotopic (exact) mass is 402 g/mol. The van der Waals surface area contributed by atoms with Crippen molar-refractivity contribution in [2.75, 3.05) is 18.0 Å². The molecule has 0 aromatic heterocycles. The molecule has 0 saturated carbocycles. The topological polar surface area (TPSA) is 58.6 Å². The minimum atomic E-state index is -0.570. The van der Waals surface area contributed by atoms with Crippen molar-refractivity contribution < 1.29 is 18.7 Å². The van der Waals surface area contributed by atoms with E-state index in [2.05, 4.69) is 5.32 Å². The van der Waals surface area contributed by atoms with Gasteiger partial charge >= 0.3 is 0 Å². The third kappa shape index (κ3) is 4.34. The smallest absolute Gasteiger partial charge is 0.294 e. The Hall–Kier alpha value is -2.86. The van der Waals surface area contributed by atoms with E-state index in [0.717, 1.165) is 12.8 Å². The quantitative estimate of drug-likeness (QED) is 0.583. The highest BCUT2D eigenvalue weighted by atomic mass is 35.5. The predicted octanol–water partition coefficient (Wildman–Crippen LogP) is 4.16. The fraction of sp³-hybridized carbons (Fsp3) is 0.238. The molecule has 1 aliphatic heterocycles. The van der Waals surface area contributed by atoms with Gasteiger partial charge in [0, 0.05) is 12.1 Å². The fourth-order valence-electron chi connectivity index (χ4n) is 2.80. The van der Waals surface area contributed by atoms with Crippen molar-refractivity contribution in [3.63, 3.8) is 0 Å². The van der Waals surface area contributed by atoms with E-state index in [0.29, 0.717) is 18.0 Å². The average Bonchev–Trinajstić information content (AvgIpc) is 2.68. The van der Waals surface area contributed by atoms with Crippen LogP contribution in [0.4, 0.5) is 10.1 Å². The van der Waals surface area contributed by atoms with Crippen LogP contribution in [0.5, 0.6) is 5.75 Å². The molecule has 1 aliphatic rings. The molecule has 0 bridgehead atoms. The molecular formula is C21H20ClFN2O3. The van der Waals surface area contributed by atoms with Gasteiger partial charge in [-0.15, -0.1) is 0 Å². The van der Waals surface area contributed by atoms with Crippen LogP contribution in [0.3, 0.4) is 0 Å². The second kappa shape index (κ2) is 8.89. The summed E-state index contributed by atoms with van der Waals surface area (Å²) in [6.45, 7) is 2.41. The van der Waals surface area contributed by atoms with Crippen LogP contribution in [0, 0.1) is 5.82 Å². The van der Waals surface area contributed by atoms with Crippen molar-refractivity contribution in [3.05, 3.63) is 64.6 Å². The summed E-state index contributed by atoms with van der Waals surface area (Å²) in [5.41, 5.74) is 0.536. The Morgan fingerprint density at radius 3 is 2.79 bits per heavy atom. The predicted molar refractivity (Wildman–Crippen MR) is 107 cm³/mol. The summed E-state index contributed by atoms with van der Waals surface area (Å²) in [5, 5.41) is 2.95. The number of nitrogens with zero attached hydrogens (tertiary/aromatic N) is 1. The van der Waals surface area contributed by atoms with E-state index >= 15 is 0 Å². The maximum Gasteiger partial charge on any atom is 0.294 e. The van der Waals surface area contributed by atoms with Crippen molar-refractivity contribution in [2.24, 2.45) is 0 Å². The van der Waals surface area contributed by atoms with E-state index in [1.807, 2.05) is 6.92 Å². The van der Waals surface area contributed by atoms with E-state index in [1.165, 1.54) is 29.2 Å². The lowest BCUT2D eigenvalue weighted by molar-refractivity contribution is -0.123. The highest BCUT2D eigenvalue weighted by Crippen LogP contribution is 2.36. The van der Waals surface area contributed by atoms with Crippen LogP contribution in [0.25, 0.3) is 6.08 Å². The largest absolute Gasteiger partial charge is 0.449 e. The highest BCUT2D eigenvalue weighted by molar-refractivity contribution is 6.32. The first-order chi connectivity index (χ1) is 13.5. The number of unbranched alkanes of at least 4 members (excludes halogenated alkanes) is 1. The van der Waals surface area contributed by atoms with Crippen LogP contribution in [0.15, 0.2) is 48.2 Å². The Balaban J connectivity index is 1.93. The summed E-state index contributed by atoms with van der Waals surface area (Å²) in [7, 11) is 0. The zero-order chi connectivity index (χ0) is 20.1.